The van der Waals surface area contributed by atoms with E-state index in [4.69, 9.17) is 15.2 Å². The summed E-state index contributed by atoms with van der Waals surface area (Å²) in [6.07, 6.45) is 1.39. The summed E-state index contributed by atoms with van der Waals surface area (Å²) in [6.45, 7) is 2.06. The average molecular weight is 267 g/mol. The second kappa shape index (κ2) is 5.57. The lowest BCUT2D eigenvalue weighted by Crippen LogP contribution is -2.47. The van der Waals surface area contributed by atoms with E-state index in [1.807, 2.05) is 0 Å². The molecule has 1 saturated carbocycles. The number of carbonyl (C=O) groups is 1. The molecule has 1 aromatic carbocycles. The first-order valence-corrected chi connectivity index (χ1v) is 6.42. The first kappa shape index (κ1) is 13.8. The van der Waals surface area contributed by atoms with Crippen molar-refractivity contribution in [2.24, 2.45) is 5.73 Å². The molecule has 104 valence electrons. The third kappa shape index (κ3) is 3.23. The Hall–Kier alpha value is -1.62. The molecular weight excluding hydrogens is 249 g/mol. The Morgan fingerprint density at radius 3 is 3.05 bits per heavy atom. The molecule has 0 radical (unpaired) electrons. The molecule has 1 aromatic rings. The topological polar surface area (TPSA) is 61.5 Å². The summed E-state index contributed by atoms with van der Waals surface area (Å²) in [5.74, 6) is -0.279. The normalized spacial score (nSPS) is 26.2. The Morgan fingerprint density at radius 1 is 1.58 bits per heavy atom. The predicted molar refractivity (Wildman–Crippen MR) is 68.2 cm³/mol. The fraction of sp³-hybridized carbons (Fsp3) is 0.500. The van der Waals surface area contributed by atoms with Gasteiger partial charge in [-0.2, -0.15) is 0 Å². The van der Waals surface area contributed by atoms with E-state index in [1.165, 1.54) is 12.1 Å². The van der Waals surface area contributed by atoms with Crippen LogP contribution in [-0.2, 0) is 9.53 Å². The summed E-state index contributed by atoms with van der Waals surface area (Å²) >= 11 is 0. The highest BCUT2D eigenvalue weighted by molar-refractivity contribution is 5.81. The number of ether oxygens (including phenoxy) is 2. The van der Waals surface area contributed by atoms with Gasteiger partial charge in [0.15, 0.2) is 0 Å². The maximum Gasteiger partial charge on any atom is 0.326 e. The molecule has 0 spiro atoms. The zero-order valence-corrected chi connectivity index (χ0v) is 10.9. The van der Waals surface area contributed by atoms with Gasteiger partial charge < -0.3 is 15.2 Å². The Bertz CT molecular complexity index is 466. The van der Waals surface area contributed by atoms with Crippen molar-refractivity contribution in [2.75, 3.05) is 6.61 Å². The molecule has 2 unspecified atom stereocenters. The smallest absolute Gasteiger partial charge is 0.326 e. The van der Waals surface area contributed by atoms with Crippen molar-refractivity contribution >= 4 is 5.97 Å². The van der Waals surface area contributed by atoms with Gasteiger partial charge in [0.1, 0.15) is 23.2 Å². The molecule has 0 bridgehead atoms. The summed E-state index contributed by atoms with van der Waals surface area (Å²) in [5.41, 5.74) is 5.06. The highest BCUT2D eigenvalue weighted by Gasteiger charge is 2.44. The minimum Gasteiger partial charge on any atom is -0.490 e. The molecule has 19 heavy (non-hydrogen) atoms. The number of nitrogens with two attached hydrogens (primary N) is 1. The van der Waals surface area contributed by atoms with E-state index in [0.29, 0.717) is 31.6 Å². The molecule has 2 N–H and O–H groups in total. The first-order valence-electron chi connectivity index (χ1n) is 6.42. The SMILES string of the molecule is CCOC(=O)C1(N)CCC(Oc2cccc(F)c2)C1. The second-order valence-electron chi connectivity index (χ2n) is 4.82. The monoisotopic (exact) mass is 267 g/mol. The van der Waals surface area contributed by atoms with Gasteiger partial charge in [0.05, 0.1) is 6.61 Å². The summed E-state index contributed by atoms with van der Waals surface area (Å²) in [5, 5.41) is 0. The molecule has 0 saturated heterocycles. The number of esters is 1. The number of carbonyl (C=O) groups excluding carboxylic acids is 1. The van der Waals surface area contributed by atoms with Gasteiger partial charge in [0, 0.05) is 12.5 Å². The largest absolute Gasteiger partial charge is 0.490 e. The van der Waals surface area contributed by atoms with Crippen LogP contribution in [0.5, 0.6) is 5.75 Å². The highest BCUT2D eigenvalue weighted by atomic mass is 19.1. The fourth-order valence-corrected chi connectivity index (χ4v) is 2.32. The average Bonchev–Trinajstić information content (AvgIpc) is 2.73. The van der Waals surface area contributed by atoms with E-state index in [-0.39, 0.29) is 17.9 Å². The van der Waals surface area contributed by atoms with Crippen LogP contribution in [0, 0.1) is 5.82 Å². The van der Waals surface area contributed by atoms with Gasteiger partial charge in [-0.1, -0.05) is 6.07 Å². The molecule has 0 aliphatic heterocycles. The van der Waals surface area contributed by atoms with Crippen LogP contribution in [-0.4, -0.2) is 24.2 Å². The zero-order valence-electron chi connectivity index (χ0n) is 10.9. The van der Waals surface area contributed by atoms with Crippen LogP contribution in [0.4, 0.5) is 4.39 Å². The van der Waals surface area contributed by atoms with E-state index in [2.05, 4.69) is 0 Å². The number of rotatable bonds is 4. The van der Waals surface area contributed by atoms with Crippen LogP contribution < -0.4 is 10.5 Å². The van der Waals surface area contributed by atoms with Gasteiger partial charge in [-0.25, -0.2) is 4.39 Å². The van der Waals surface area contributed by atoms with Crippen LogP contribution in [0.25, 0.3) is 0 Å². The van der Waals surface area contributed by atoms with Gasteiger partial charge in [0.2, 0.25) is 0 Å². The first-order chi connectivity index (χ1) is 9.03. The van der Waals surface area contributed by atoms with Crippen molar-refractivity contribution in [3.63, 3.8) is 0 Å². The van der Waals surface area contributed by atoms with E-state index in [0.717, 1.165) is 0 Å². The number of halogens is 1. The van der Waals surface area contributed by atoms with Gasteiger partial charge in [-0.3, -0.25) is 4.79 Å². The minimum absolute atomic E-state index is 0.184. The van der Waals surface area contributed by atoms with Gasteiger partial charge in [0.25, 0.3) is 0 Å². The lowest BCUT2D eigenvalue weighted by atomic mass is 9.99. The third-order valence-corrected chi connectivity index (χ3v) is 3.29. The molecule has 4 nitrogen and oxygen atoms in total. The van der Waals surface area contributed by atoms with Gasteiger partial charge in [-0.15, -0.1) is 0 Å². The Kier molecular flexibility index (Phi) is 4.04. The number of benzene rings is 1. The van der Waals surface area contributed by atoms with Crippen LogP contribution in [0.3, 0.4) is 0 Å². The molecule has 0 amide bonds. The van der Waals surface area contributed by atoms with Crippen molar-refractivity contribution < 1.29 is 18.7 Å². The Morgan fingerprint density at radius 2 is 2.37 bits per heavy atom. The molecular formula is C14H18FNO3. The van der Waals surface area contributed by atoms with Crippen molar-refractivity contribution in [1.29, 1.82) is 0 Å². The lowest BCUT2D eigenvalue weighted by molar-refractivity contribution is -0.149. The summed E-state index contributed by atoms with van der Waals surface area (Å²) < 4.78 is 23.7. The third-order valence-electron chi connectivity index (χ3n) is 3.29. The molecule has 0 aromatic heterocycles. The maximum atomic E-state index is 13.0. The van der Waals surface area contributed by atoms with E-state index >= 15 is 0 Å². The summed E-state index contributed by atoms with van der Waals surface area (Å²) in [6, 6.07) is 5.94. The van der Waals surface area contributed by atoms with Gasteiger partial charge >= 0.3 is 5.97 Å². The molecule has 2 rings (SSSR count). The van der Waals surface area contributed by atoms with Crippen molar-refractivity contribution in [1.82, 2.24) is 0 Å². The highest BCUT2D eigenvalue weighted by Crippen LogP contribution is 2.32. The summed E-state index contributed by atoms with van der Waals surface area (Å²) in [4.78, 5) is 11.8. The second-order valence-corrected chi connectivity index (χ2v) is 4.82. The van der Waals surface area contributed by atoms with Crippen molar-refractivity contribution in [2.45, 2.75) is 37.8 Å². The van der Waals surface area contributed by atoms with Crippen LogP contribution in [0.2, 0.25) is 0 Å². The zero-order chi connectivity index (χ0) is 13.9. The Labute approximate surface area is 111 Å². The van der Waals surface area contributed by atoms with Crippen LogP contribution in [0.15, 0.2) is 24.3 Å². The quantitative estimate of drug-likeness (QED) is 0.848. The van der Waals surface area contributed by atoms with Crippen LogP contribution in [0.1, 0.15) is 26.2 Å². The van der Waals surface area contributed by atoms with Gasteiger partial charge in [-0.05, 0) is 31.9 Å². The van der Waals surface area contributed by atoms with E-state index in [1.54, 1.807) is 19.1 Å². The van der Waals surface area contributed by atoms with E-state index < -0.39 is 5.54 Å². The van der Waals surface area contributed by atoms with Crippen molar-refractivity contribution in [3.05, 3.63) is 30.1 Å². The van der Waals surface area contributed by atoms with E-state index in [9.17, 15) is 9.18 Å². The molecule has 1 aliphatic rings. The summed E-state index contributed by atoms with van der Waals surface area (Å²) in [7, 11) is 0. The van der Waals surface area contributed by atoms with Crippen LogP contribution >= 0.6 is 0 Å². The number of hydrogen-bond donors (Lipinski definition) is 1. The lowest BCUT2D eigenvalue weighted by Gasteiger charge is -2.21. The molecule has 1 fully saturated rings. The molecule has 2 atom stereocenters. The molecule has 0 heterocycles. The fourth-order valence-electron chi connectivity index (χ4n) is 2.32. The minimum atomic E-state index is -0.978. The molecule has 5 heteroatoms. The number of hydrogen-bond acceptors (Lipinski definition) is 4. The van der Waals surface area contributed by atoms with Crippen molar-refractivity contribution in [3.8, 4) is 5.75 Å². The predicted octanol–water partition coefficient (Wildman–Crippen LogP) is 2.02. The maximum absolute atomic E-state index is 13.0. The molecule has 1 aliphatic carbocycles. The Balaban J connectivity index is 1.97. The standard InChI is InChI=1S/C14H18FNO3/c1-2-18-13(17)14(16)7-6-12(9-14)19-11-5-3-4-10(15)8-11/h3-5,8,12H,2,6-7,9,16H2,1H3.